The van der Waals surface area contributed by atoms with Crippen LogP contribution in [0.1, 0.15) is 12.5 Å². The van der Waals surface area contributed by atoms with Crippen molar-refractivity contribution in [3.8, 4) is 5.75 Å². The minimum Gasteiger partial charge on any atom is -0.494 e. The van der Waals surface area contributed by atoms with E-state index in [1.54, 1.807) is 0 Å². The average molecular weight is 321 g/mol. The molecule has 0 fully saturated rings. The van der Waals surface area contributed by atoms with E-state index in [0.29, 0.717) is 23.3 Å². The highest BCUT2D eigenvalue weighted by molar-refractivity contribution is 7.80. The van der Waals surface area contributed by atoms with Crippen LogP contribution in [0.3, 0.4) is 0 Å². The van der Waals surface area contributed by atoms with Crippen molar-refractivity contribution in [3.05, 3.63) is 59.1 Å². The number of benzene rings is 2. The summed E-state index contributed by atoms with van der Waals surface area (Å²) >= 11 is 11.2. The Kier molecular flexibility index (Phi) is 5.84. The highest BCUT2D eigenvalue weighted by Gasteiger charge is 2.00. The van der Waals surface area contributed by atoms with Crippen LogP contribution in [0.5, 0.6) is 5.75 Å². The third-order valence-corrected chi connectivity index (χ3v) is 3.23. The van der Waals surface area contributed by atoms with E-state index in [4.69, 9.17) is 28.6 Å². The molecule has 2 N–H and O–H groups in total. The minimum absolute atomic E-state index is 0.555. The van der Waals surface area contributed by atoms with Gasteiger partial charge >= 0.3 is 0 Å². The van der Waals surface area contributed by atoms with Gasteiger partial charge in [0.25, 0.3) is 0 Å². The minimum atomic E-state index is 0.555. The van der Waals surface area contributed by atoms with Gasteiger partial charge in [0.2, 0.25) is 0 Å². The SMILES string of the molecule is CCOc1cccc(CNC(=S)Nc2cccc(Cl)c2)c1. The number of thiocarbonyl (C=S) groups is 1. The summed E-state index contributed by atoms with van der Waals surface area (Å²) in [5.41, 5.74) is 1.97. The summed E-state index contributed by atoms with van der Waals surface area (Å²) in [6.07, 6.45) is 0. The maximum atomic E-state index is 5.93. The van der Waals surface area contributed by atoms with E-state index in [2.05, 4.69) is 10.6 Å². The second kappa shape index (κ2) is 7.86. The van der Waals surface area contributed by atoms with E-state index >= 15 is 0 Å². The molecule has 5 heteroatoms. The van der Waals surface area contributed by atoms with E-state index in [1.807, 2.05) is 55.5 Å². The number of rotatable bonds is 5. The van der Waals surface area contributed by atoms with E-state index < -0.39 is 0 Å². The Balaban J connectivity index is 1.87. The van der Waals surface area contributed by atoms with Crippen molar-refractivity contribution in [3.63, 3.8) is 0 Å². The molecule has 0 aliphatic heterocycles. The lowest BCUT2D eigenvalue weighted by Crippen LogP contribution is -2.27. The van der Waals surface area contributed by atoms with E-state index in [9.17, 15) is 0 Å². The van der Waals surface area contributed by atoms with E-state index in [0.717, 1.165) is 17.0 Å². The number of hydrogen-bond acceptors (Lipinski definition) is 2. The molecule has 0 saturated heterocycles. The highest BCUT2D eigenvalue weighted by atomic mass is 35.5. The lowest BCUT2D eigenvalue weighted by molar-refractivity contribution is 0.340. The van der Waals surface area contributed by atoms with Crippen LogP contribution in [0, 0.1) is 0 Å². The van der Waals surface area contributed by atoms with Gasteiger partial charge in [-0.25, -0.2) is 0 Å². The fraction of sp³-hybridized carbons (Fsp3) is 0.188. The van der Waals surface area contributed by atoms with Gasteiger partial charge in [-0.15, -0.1) is 0 Å². The first kappa shape index (κ1) is 15.6. The lowest BCUT2D eigenvalue weighted by Gasteiger charge is -2.11. The molecular formula is C16H17ClN2OS. The maximum absolute atomic E-state index is 5.93. The van der Waals surface area contributed by atoms with Gasteiger partial charge in [-0.2, -0.15) is 0 Å². The van der Waals surface area contributed by atoms with Gasteiger partial charge in [-0.05, 0) is 55.0 Å². The van der Waals surface area contributed by atoms with Crippen LogP contribution in [0.25, 0.3) is 0 Å². The third-order valence-electron chi connectivity index (χ3n) is 2.75. The van der Waals surface area contributed by atoms with Crippen LogP contribution in [0.4, 0.5) is 5.69 Å². The maximum Gasteiger partial charge on any atom is 0.171 e. The highest BCUT2D eigenvalue weighted by Crippen LogP contribution is 2.15. The Bertz CT molecular complexity index is 619. The molecule has 21 heavy (non-hydrogen) atoms. The normalized spacial score (nSPS) is 10.0. The number of hydrogen-bond donors (Lipinski definition) is 2. The quantitative estimate of drug-likeness (QED) is 0.808. The van der Waals surface area contributed by atoms with E-state index in [-0.39, 0.29) is 0 Å². The predicted octanol–water partition coefficient (Wildman–Crippen LogP) is 4.23. The van der Waals surface area contributed by atoms with Crippen LogP contribution in [-0.2, 0) is 6.54 Å². The molecule has 0 bridgehead atoms. The molecular weight excluding hydrogens is 304 g/mol. The van der Waals surface area contributed by atoms with Gasteiger partial charge in [0.1, 0.15) is 5.75 Å². The Morgan fingerprint density at radius 1 is 1.19 bits per heavy atom. The van der Waals surface area contributed by atoms with Gasteiger partial charge in [0.05, 0.1) is 6.61 Å². The van der Waals surface area contributed by atoms with Crippen molar-refractivity contribution >= 4 is 34.6 Å². The summed E-state index contributed by atoms with van der Waals surface area (Å²) in [4.78, 5) is 0. The molecule has 0 atom stereocenters. The third kappa shape index (κ3) is 5.25. The number of anilines is 1. The Labute approximate surface area is 135 Å². The summed E-state index contributed by atoms with van der Waals surface area (Å²) in [5.74, 6) is 0.866. The fourth-order valence-corrected chi connectivity index (χ4v) is 2.22. The molecule has 110 valence electrons. The van der Waals surface area contributed by atoms with Gasteiger partial charge in [-0.1, -0.05) is 29.8 Å². The van der Waals surface area contributed by atoms with Crippen molar-refractivity contribution in [2.75, 3.05) is 11.9 Å². The molecule has 0 saturated carbocycles. The zero-order valence-electron chi connectivity index (χ0n) is 11.7. The van der Waals surface area contributed by atoms with Crippen LogP contribution in [0.15, 0.2) is 48.5 Å². The Morgan fingerprint density at radius 3 is 2.76 bits per heavy atom. The molecule has 0 aliphatic rings. The fourth-order valence-electron chi connectivity index (χ4n) is 1.84. The van der Waals surface area contributed by atoms with Gasteiger partial charge in [0.15, 0.2) is 5.11 Å². The summed E-state index contributed by atoms with van der Waals surface area (Å²) in [6, 6.07) is 15.4. The Morgan fingerprint density at radius 2 is 2.00 bits per heavy atom. The van der Waals surface area contributed by atoms with Crippen molar-refractivity contribution in [1.82, 2.24) is 5.32 Å². The first-order chi connectivity index (χ1) is 10.2. The number of ether oxygens (including phenoxy) is 1. The van der Waals surface area contributed by atoms with Gasteiger partial charge in [-0.3, -0.25) is 0 Å². The van der Waals surface area contributed by atoms with Crippen LogP contribution in [-0.4, -0.2) is 11.7 Å². The van der Waals surface area contributed by atoms with Crippen LogP contribution < -0.4 is 15.4 Å². The molecule has 2 rings (SSSR count). The molecule has 0 unspecified atom stereocenters. The first-order valence-electron chi connectivity index (χ1n) is 6.69. The first-order valence-corrected chi connectivity index (χ1v) is 7.48. The summed E-state index contributed by atoms with van der Waals surface area (Å²) in [5, 5.41) is 7.48. The van der Waals surface area contributed by atoms with Crippen molar-refractivity contribution in [2.24, 2.45) is 0 Å². The average Bonchev–Trinajstić information content (AvgIpc) is 2.46. The largest absolute Gasteiger partial charge is 0.494 e. The molecule has 2 aromatic carbocycles. The van der Waals surface area contributed by atoms with E-state index in [1.165, 1.54) is 0 Å². The zero-order chi connectivity index (χ0) is 15.1. The molecule has 2 aromatic rings. The smallest absolute Gasteiger partial charge is 0.171 e. The molecule has 0 aliphatic carbocycles. The van der Waals surface area contributed by atoms with Crippen molar-refractivity contribution in [2.45, 2.75) is 13.5 Å². The summed E-state index contributed by atoms with van der Waals surface area (Å²) in [7, 11) is 0. The molecule has 0 aromatic heterocycles. The second-order valence-corrected chi connectivity index (χ2v) is 5.24. The molecule has 0 heterocycles. The van der Waals surface area contributed by atoms with Crippen LogP contribution >= 0.6 is 23.8 Å². The molecule has 0 spiro atoms. The second-order valence-electron chi connectivity index (χ2n) is 4.40. The topological polar surface area (TPSA) is 33.3 Å². The standard InChI is InChI=1S/C16H17ClN2OS/c1-2-20-15-8-3-5-12(9-15)11-18-16(21)19-14-7-4-6-13(17)10-14/h3-10H,2,11H2,1H3,(H2,18,19,21). The van der Waals surface area contributed by atoms with Gasteiger partial charge < -0.3 is 15.4 Å². The van der Waals surface area contributed by atoms with Gasteiger partial charge in [0, 0.05) is 17.3 Å². The monoisotopic (exact) mass is 320 g/mol. The number of halogens is 1. The predicted molar refractivity (Wildman–Crippen MR) is 92.1 cm³/mol. The zero-order valence-corrected chi connectivity index (χ0v) is 13.3. The summed E-state index contributed by atoms with van der Waals surface area (Å²) < 4.78 is 5.47. The summed E-state index contributed by atoms with van der Waals surface area (Å²) in [6.45, 7) is 3.26. The Hall–Kier alpha value is -1.78. The number of nitrogens with one attached hydrogen (secondary N) is 2. The van der Waals surface area contributed by atoms with Crippen molar-refractivity contribution in [1.29, 1.82) is 0 Å². The van der Waals surface area contributed by atoms with Crippen LogP contribution in [0.2, 0.25) is 5.02 Å². The van der Waals surface area contributed by atoms with Crippen molar-refractivity contribution < 1.29 is 4.74 Å². The molecule has 0 radical (unpaired) electrons. The molecule has 3 nitrogen and oxygen atoms in total. The molecule has 0 amide bonds. The lowest BCUT2D eigenvalue weighted by atomic mass is 10.2.